The highest BCUT2D eigenvalue weighted by Crippen LogP contribution is 2.31. The number of unbranched alkanes of at least 4 members (excludes halogenated alkanes) is 2. The fourth-order valence-electron chi connectivity index (χ4n) is 2.83. The van der Waals surface area contributed by atoms with Crippen LogP contribution in [0.3, 0.4) is 0 Å². The summed E-state index contributed by atoms with van der Waals surface area (Å²) in [5.74, 6) is 0.725. The van der Waals surface area contributed by atoms with Crippen molar-refractivity contribution < 1.29 is 0 Å². The van der Waals surface area contributed by atoms with Crippen LogP contribution in [0.15, 0.2) is 42.5 Å². The Balaban J connectivity index is 2.27. The van der Waals surface area contributed by atoms with Crippen LogP contribution in [0, 0.1) is 0 Å². The molecule has 0 radical (unpaired) electrons. The van der Waals surface area contributed by atoms with E-state index in [0.717, 1.165) is 5.92 Å². The van der Waals surface area contributed by atoms with Gasteiger partial charge in [-0.2, -0.15) is 0 Å². The summed E-state index contributed by atoms with van der Waals surface area (Å²) in [6, 6.07) is 15.5. The summed E-state index contributed by atoms with van der Waals surface area (Å²) in [6.45, 7) is 4.59. The van der Waals surface area contributed by atoms with Gasteiger partial charge in [-0.05, 0) is 35.1 Å². The third-order valence-electron chi connectivity index (χ3n) is 3.91. The maximum atomic E-state index is 2.32. The molecule has 18 heavy (non-hydrogen) atoms. The number of benzene rings is 2. The molecule has 0 nitrogen and oxygen atoms in total. The molecule has 0 aliphatic heterocycles. The molecule has 0 aliphatic carbocycles. The van der Waals surface area contributed by atoms with Gasteiger partial charge >= 0.3 is 0 Å². The molecule has 0 aliphatic rings. The van der Waals surface area contributed by atoms with Gasteiger partial charge in [0.15, 0.2) is 0 Å². The molecule has 2 aromatic carbocycles. The average molecular weight is 240 g/mol. The summed E-state index contributed by atoms with van der Waals surface area (Å²) in [4.78, 5) is 0. The predicted octanol–water partition coefficient (Wildman–Crippen LogP) is 5.91. The minimum absolute atomic E-state index is 0.725. The van der Waals surface area contributed by atoms with Crippen molar-refractivity contribution in [1.29, 1.82) is 0 Å². The first-order chi connectivity index (χ1) is 8.86. The Morgan fingerprint density at radius 1 is 0.889 bits per heavy atom. The summed E-state index contributed by atoms with van der Waals surface area (Å²) in [5.41, 5.74) is 1.55. The quantitative estimate of drug-likeness (QED) is 0.550. The molecule has 2 aromatic rings. The Bertz CT molecular complexity index is 479. The first kappa shape index (κ1) is 13.1. The van der Waals surface area contributed by atoms with E-state index in [1.165, 1.54) is 42.9 Å². The first-order valence-electron chi connectivity index (χ1n) is 7.34. The summed E-state index contributed by atoms with van der Waals surface area (Å²) < 4.78 is 0. The zero-order valence-electron chi connectivity index (χ0n) is 11.7. The molecular formula is C18H24. The van der Waals surface area contributed by atoms with Gasteiger partial charge in [0.05, 0.1) is 0 Å². The molecule has 1 unspecified atom stereocenters. The van der Waals surface area contributed by atoms with Crippen LogP contribution in [0.1, 0.15) is 57.4 Å². The number of hydrogen-bond acceptors (Lipinski definition) is 0. The SMILES string of the molecule is CCCCCC(CC)c1cccc2ccccc12. The Morgan fingerprint density at radius 2 is 1.67 bits per heavy atom. The molecule has 0 saturated heterocycles. The molecule has 0 bridgehead atoms. The second-order valence-electron chi connectivity index (χ2n) is 5.17. The van der Waals surface area contributed by atoms with Gasteiger partial charge < -0.3 is 0 Å². The molecule has 0 amide bonds. The van der Waals surface area contributed by atoms with Crippen LogP contribution in [0.2, 0.25) is 0 Å². The minimum Gasteiger partial charge on any atom is -0.0654 e. The van der Waals surface area contributed by atoms with Crippen LogP contribution < -0.4 is 0 Å². The first-order valence-corrected chi connectivity index (χ1v) is 7.34. The summed E-state index contributed by atoms with van der Waals surface area (Å²) in [7, 11) is 0. The normalized spacial score (nSPS) is 12.8. The Morgan fingerprint density at radius 3 is 2.44 bits per heavy atom. The van der Waals surface area contributed by atoms with Gasteiger partial charge in [0.2, 0.25) is 0 Å². The molecule has 0 fully saturated rings. The lowest BCUT2D eigenvalue weighted by Gasteiger charge is -2.17. The summed E-state index contributed by atoms with van der Waals surface area (Å²) in [6.07, 6.45) is 6.61. The Labute approximate surface area is 111 Å². The van der Waals surface area contributed by atoms with Crippen LogP contribution in [-0.2, 0) is 0 Å². The van der Waals surface area contributed by atoms with E-state index in [0.29, 0.717) is 0 Å². The molecule has 2 rings (SSSR count). The van der Waals surface area contributed by atoms with E-state index in [9.17, 15) is 0 Å². The highest BCUT2D eigenvalue weighted by molar-refractivity contribution is 5.86. The van der Waals surface area contributed by atoms with Crippen molar-refractivity contribution in [3.63, 3.8) is 0 Å². The fourth-order valence-corrected chi connectivity index (χ4v) is 2.83. The third kappa shape index (κ3) is 2.93. The van der Waals surface area contributed by atoms with E-state index in [1.807, 2.05) is 0 Å². The minimum atomic E-state index is 0.725. The van der Waals surface area contributed by atoms with Crippen molar-refractivity contribution in [3.8, 4) is 0 Å². The van der Waals surface area contributed by atoms with Crippen molar-refractivity contribution in [3.05, 3.63) is 48.0 Å². The van der Waals surface area contributed by atoms with E-state index in [2.05, 4.69) is 56.3 Å². The van der Waals surface area contributed by atoms with Crippen molar-refractivity contribution in [2.75, 3.05) is 0 Å². The van der Waals surface area contributed by atoms with Crippen LogP contribution in [0.5, 0.6) is 0 Å². The predicted molar refractivity (Wildman–Crippen MR) is 81.1 cm³/mol. The lowest BCUT2D eigenvalue weighted by molar-refractivity contribution is 0.556. The lowest BCUT2D eigenvalue weighted by Crippen LogP contribution is -1.98. The zero-order valence-corrected chi connectivity index (χ0v) is 11.7. The van der Waals surface area contributed by atoms with Gasteiger partial charge in [-0.3, -0.25) is 0 Å². The van der Waals surface area contributed by atoms with Crippen LogP contribution in [0.4, 0.5) is 0 Å². The second-order valence-corrected chi connectivity index (χ2v) is 5.17. The van der Waals surface area contributed by atoms with Crippen molar-refractivity contribution in [2.45, 2.75) is 51.9 Å². The lowest BCUT2D eigenvalue weighted by atomic mass is 9.87. The molecule has 0 heteroatoms. The van der Waals surface area contributed by atoms with E-state index in [4.69, 9.17) is 0 Å². The highest BCUT2D eigenvalue weighted by Gasteiger charge is 2.11. The molecule has 0 spiro atoms. The average Bonchev–Trinajstić information content (AvgIpc) is 2.43. The summed E-state index contributed by atoms with van der Waals surface area (Å²) >= 11 is 0. The fraction of sp³-hybridized carbons (Fsp3) is 0.444. The summed E-state index contributed by atoms with van der Waals surface area (Å²) in [5, 5.41) is 2.83. The molecule has 96 valence electrons. The van der Waals surface area contributed by atoms with E-state index in [1.54, 1.807) is 5.56 Å². The van der Waals surface area contributed by atoms with Crippen molar-refractivity contribution >= 4 is 10.8 Å². The molecule has 0 aromatic heterocycles. The van der Waals surface area contributed by atoms with Crippen LogP contribution in [-0.4, -0.2) is 0 Å². The topological polar surface area (TPSA) is 0 Å². The number of fused-ring (bicyclic) bond motifs is 1. The largest absolute Gasteiger partial charge is 0.0654 e. The van der Waals surface area contributed by atoms with Gasteiger partial charge in [0.25, 0.3) is 0 Å². The van der Waals surface area contributed by atoms with Crippen LogP contribution in [0.25, 0.3) is 10.8 Å². The monoisotopic (exact) mass is 240 g/mol. The van der Waals surface area contributed by atoms with Gasteiger partial charge in [0.1, 0.15) is 0 Å². The smallest absolute Gasteiger partial charge is 0.0149 e. The molecule has 0 N–H and O–H groups in total. The van der Waals surface area contributed by atoms with Crippen molar-refractivity contribution in [2.24, 2.45) is 0 Å². The number of hydrogen-bond donors (Lipinski definition) is 0. The van der Waals surface area contributed by atoms with E-state index < -0.39 is 0 Å². The maximum Gasteiger partial charge on any atom is -0.0149 e. The van der Waals surface area contributed by atoms with Gasteiger partial charge in [-0.15, -0.1) is 0 Å². The second kappa shape index (κ2) is 6.58. The van der Waals surface area contributed by atoms with Gasteiger partial charge in [-0.25, -0.2) is 0 Å². The molecular weight excluding hydrogens is 216 g/mol. The van der Waals surface area contributed by atoms with Gasteiger partial charge in [-0.1, -0.05) is 75.6 Å². The molecule has 1 atom stereocenters. The number of rotatable bonds is 6. The third-order valence-corrected chi connectivity index (χ3v) is 3.91. The Kier molecular flexibility index (Phi) is 4.81. The zero-order chi connectivity index (χ0) is 12.8. The van der Waals surface area contributed by atoms with E-state index >= 15 is 0 Å². The molecule has 0 heterocycles. The molecule has 0 saturated carbocycles. The highest BCUT2D eigenvalue weighted by atomic mass is 14.2. The van der Waals surface area contributed by atoms with Crippen molar-refractivity contribution in [1.82, 2.24) is 0 Å². The van der Waals surface area contributed by atoms with Crippen LogP contribution >= 0.6 is 0 Å². The maximum absolute atomic E-state index is 2.32. The van der Waals surface area contributed by atoms with Gasteiger partial charge in [0, 0.05) is 0 Å². The Hall–Kier alpha value is -1.30. The van der Waals surface area contributed by atoms with E-state index in [-0.39, 0.29) is 0 Å². The standard InChI is InChI=1S/C18H24/c1-3-5-6-10-15(4-2)17-14-9-12-16-11-7-8-13-18(16)17/h7-9,11-15H,3-6,10H2,1-2H3.